The quantitative estimate of drug-likeness (QED) is 0.736. The SMILES string of the molecule is CC(C)C[C@H](NC(=O)Cc1ccccc1F)c1nc2cccnc2n1C. The van der Waals surface area contributed by atoms with E-state index < -0.39 is 0 Å². The van der Waals surface area contributed by atoms with Gasteiger partial charge in [-0.15, -0.1) is 0 Å². The molecule has 136 valence electrons. The summed E-state index contributed by atoms with van der Waals surface area (Å²) in [4.78, 5) is 21.5. The van der Waals surface area contributed by atoms with E-state index in [-0.39, 0.29) is 24.2 Å². The first-order chi connectivity index (χ1) is 12.5. The highest BCUT2D eigenvalue weighted by Crippen LogP contribution is 2.23. The van der Waals surface area contributed by atoms with Crippen molar-refractivity contribution in [3.05, 3.63) is 59.8 Å². The van der Waals surface area contributed by atoms with Gasteiger partial charge in [0.15, 0.2) is 5.65 Å². The zero-order chi connectivity index (χ0) is 18.7. The molecule has 1 amide bonds. The number of aryl methyl sites for hydroxylation is 1. The van der Waals surface area contributed by atoms with Crippen molar-refractivity contribution < 1.29 is 9.18 Å². The maximum Gasteiger partial charge on any atom is 0.225 e. The molecule has 0 unspecified atom stereocenters. The van der Waals surface area contributed by atoms with E-state index in [4.69, 9.17) is 0 Å². The molecule has 0 saturated carbocycles. The summed E-state index contributed by atoms with van der Waals surface area (Å²) < 4.78 is 15.7. The Morgan fingerprint density at radius 3 is 2.69 bits per heavy atom. The second-order valence-corrected chi connectivity index (χ2v) is 6.89. The summed E-state index contributed by atoms with van der Waals surface area (Å²) >= 11 is 0. The zero-order valence-electron chi connectivity index (χ0n) is 15.2. The molecule has 0 aliphatic rings. The average Bonchev–Trinajstić information content (AvgIpc) is 2.93. The molecule has 0 aliphatic heterocycles. The lowest BCUT2D eigenvalue weighted by Gasteiger charge is -2.20. The number of pyridine rings is 1. The van der Waals surface area contributed by atoms with Crippen molar-refractivity contribution in [1.29, 1.82) is 0 Å². The number of aromatic nitrogens is 3. The number of carbonyl (C=O) groups is 1. The van der Waals surface area contributed by atoms with Crippen LogP contribution in [0.25, 0.3) is 11.2 Å². The molecule has 5 nitrogen and oxygen atoms in total. The Balaban J connectivity index is 1.85. The van der Waals surface area contributed by atoms with Crippen molar-refractivity contribution in [3.63, 3.8) is 0 Å². The number of fused-ring (bicyclic) bond motifs is 1. The summed E-state index contributed by atoms with van der Waals surface area (Å²) in [6.45, 7) is 4.19. The molecule has 3 aromatic rings. The Kier molecular flexibility index (Phi) is 5.30. The number of carbonyl (C=O) groups excluding carboxylic acids is 1. The van der Waals surface area contributed by atoms with Gasteiger partial charge in [-0.05, 0) is 36.1 Å². The van der Waals surface area contributed by atoms with Crippen LogP contribution in [0.2, 0.25) is 0 Å². The number of benzene rings is 1. The molecule has 0 spiro atoms. The molecule has 0 bridgehead atoms. The van der Waals surface area contributed by atoms with Crippen LogP contribution < -0.4 is 5.32 Å². The zero-order valence-corrected chi connectivity index (χ0v) is 15.2. The number of halogens is 1. The number of hydrogen-bond donors (Lipinski definition) is 1. The van der Waals surface area contributed by atoms with Gasteiger partial charge in [0.2, 0.25) is 5.91 Å². The number of nitrogens with zero attached hydrogens (tertiary/aromatic N) is 3. The van der Waals surface area contributed by atoms with Gasteiger partial charge in [-0.3, -0.25) is 4.79 Å². The number of nitrogens with one attached hydrogen (secondary N) is 1. The van der Waals surface area contributed by atoms with E-state index >= 15 is 0 Å². The second-order valence-electron chi connectivity index (χ2n) is 6.89. The molecule has 3 rings (SSSR count). The van der Waals surface area contributed by atoms with Crippen molar-refractivity contribution in [3.8, 4) is 0 Å². The van der Waals surface area contributed by atoms with Crippen LogP contribution in [-0.2, 0) is 18.3 Å². The Morgan fingerprint density at radius 2 is 2.00 bits per heavy atom. The molecule has 0 fully saturated rings. The van der Waals surface area contributed by atoms with Crippen LogP contribution in [-0.4, -0.2) is 20.4 Å². The molecule has 1 N–H and O–H groups in total. The third kappa shape index (κ3) is 3.90. The Morgan fingerprint density at radius 1 is 1.23 bits per heavy atom. The summed E-state index contributed by atoms with van der Waals surface area (Å²) in [6, 6.07) is 9.83. The lowest BCUT2D eigenvalue weighted by molar-refractivity contribution is -0.121. The fraction of sp³-hybridized carbons (Fsp3) is 0.350. The predicted molar refractivity (Wildman–Crippen MR) is 99.0 cm³/mol. The van der Waals surface area contributed by atoms with E-state index in [1.54, 1.807) is 24.4 Å². The summed E-state index contributed by atoms with van der Waals surface area (Å²) in [5, 5.41) is 3.03. The van der Waals surface area contributed by atoms with Crippen LogP contribution in [0.4, 0.5) is 4.39 Å². The first kappa shape index (κ1) is 18.0. The molecule has 1 aromatic carbocycles. The minimum absolute atomic E-state index is 0.00343. The van der Waals surface area contributed by atoms with Gasteiger partial charge in [-0.25, -0.2) is 14.4 Å². The highest BCUT2D eigenvalue weighted by molar-refractivity contribution is 5.79. The minimum atomic E-state index is -0.366. The summed E-state index contributed by atoms with van der Waals surface area (Å²) in [5.74, 6) is 0.534. The molecule has 2 aromatic heterocycles. The summed E-state index contributed by atoms with van der Waals surface area (Å²) in [5.41, 5.74) is 1.96. The Hall–Kier alpha value is -2.76. The normalized spacial score (nSPS) is 12.5. The van der Waals surface area contributed by atoms with Crippen LogP contribution in [0.15, 0.2) is 42.6 Å². The third-order valence-electron chi connectivity index (χ3n) is 4.33. The molecule has 0 radical (unpaired) electrons. The van der Waals surface area contributed by atoms with Crippen LogP contribution in [0, 0.1) is 11.7 Å². The van der Waals surface area contributed by atoms with Gasteiger partial charge in [0.05, 0.1) is 12.5 Å². The maximum absolute atomic E-state index is 13.8. The van der Waals surface area contributed by atoms with Gasteiger partial charge < -0.3 is 9.88 Å². The lowest BCUT2D eigenvalue weighted by atomic mass is 10.0. The van der Waals surface area contributed by atoms with Crippen LogP contribution >= 0.6 is 0 Å². The maximum atomic E-state index is 13.8. The van der Waals surface area contributed by atoms with Crippen LogP contribution in [0.1, 0.15) is 37.7 Å². The predicted octanol–water partition coefficient (Wildman–Crippen LogP) is 3.55. The number of amides is 1. The highest BCUT2D eigenvalue weighted by atomic mass is 19.1. The topological polar surface area (TPSA) is 59.8 Å². The molecule has 1 atom stereocenters. The van der Waals surface area contributed by atoms with Gasteiger partial charge in [0.1, 0.15) is 17.2 Å². The van der Waals surface area contributed by atoms with E-state index in [0.717, 1.165) is 23.4 Å². The Labute approximate surface area is 152 Å². The van der Waals surface area contributed by atoms with Gasteiger partial charge in [-0.2, -0.15) is 0 Å². The summed E-state index contributed by atoms with van der Waals surface area (Å²) in [6.07, 6.45) is 2.46. The molecule has 6 heteroatoms. The van der Waals surface area contributed by atoms with Gasteiger partial charge in [0.25, 0.3) is 0 Å². The van der Waals surface area contributed by atoms with Gasteiger partial charge in [0, 0.05) is 13.2 Å². The largest absolute Gasteiger partial charge is 0.346 e. The minimum Gasteiger partial charge on any atom is -0.346 e. The second kappa shape index (κ2) is 7.64. The number of hydrogen-bond acceptors (Lipinski definition) is 3. The standard InChI is InChI=1S/C20H23FN4O/c1-13(2)11-17(20-24-16-9-6-10-22-19(16)25(20)3)23-18(26)12-14-7-4-5-8-15(14)21/h4-10,13,17H,11-12H2,1-3H3,(H,23,26)/t17-/m0/s1. The van der Waals surface area contributed by atoms with Crippen molar-refractivity contribution in [2.75, 3.05) is 0 Å². The molecule has 26 heavy (non-hydrogen) atoms. The van der Waals surface area contributed by atoms with Crippen molar-refractivity contribution in [1.82, 2.24) is 19.9 Å². The summed E-state index contributed by atoms with van der Waals surface area (Å²) in [7, 11) is 1.90. The average molecular weight is 354 g/mol. The number of imidazole rings is 1. The Bertz CT molecular complexity index is 919. The molecular formula is C20H23FN4O. The first-order valence-corrected chi connectivity index (χ1v) is 8.75. The van der Waals surface area contributed by atoms with Crippen LogP contribution in [0.3, 0.4) is 0 Å². The monoisotopic (exact) mass is 354 g/mol. The third-order valence-corrected chi connectivity index (χ3v) is 4.33. The van der Waals surface area contributed by atoms with Crippen molar-refractivity contribution >= 4 is 17.1 Å². The number of rotatable bonds is 6. The van der Waals surface area contributed by atoms with E-state index in [2.05, 4.69) is 29.1 Å². The van der Waals surface area contributed by atoms with E-state index in [1.807, 2.05) is 23.7 Å². The molecule has 0 aliphatic carbocycles. The van der Waals surface area contributed by atoms with E-state index in [9.17, 15) is 9.18 Å². The first-order valence-electron chi connectivity index (χ1n) is 8.75. The van der Waals surface area contributed by atoms with Crippen molar-refractivity contribution in [2.24, 2.45) is 13.0 Å². The van der Waals surface area contributed by atoms with Gasteiger partial charge in [-0.1, -0.05) is 32.0 Å². The fourth-order valence-corrected chi connectivity index (χ4v) is 3.11. The van der Waals surface area contributed by atoms with Crippen LogP contribution in [0.5, 0.6) is 0 Å². The smallest absolute Gasteiger partial charge is 0.225 e. The molecular weight excluding hydrogens is 331 g/mol. The lowest BCUT2D eigenvalue weighted by Crippen LogP contribution is -2.32. The van der Waals surface area contributed by atoms with E-state index in [1.165, 1.54) is 6.07 Å². The highest BCUT2D eigenvalue weighted by Gasteiger charge is 2.22. The van der Waals surface area contributed by atoms with Crippen molar-refractivity contribution in [2.45, 2.75) is 32.7 Å². The van der Waals surface area contributed by atoms with E-state index in [0.29, 0.717) is 11.5 Å². The van der Waals surface area contributed by atoms with Gasteiger partial charge >= 0.3 is 0 Å². The molecule has 2 heterocycles. The molecule has 0 saturated heterocycles. The fourth-order valence-electron chi connectivity index (χ4n) is 3.11.